The first-order chi connectivity index (χ1) is 10.1. The van der Waals surface area contributed by atoms with Crippen LogP contribution < -0.4 is 5.46 Å². The lowest BCUT2D eigenvalue weighted by Gasteiger charge is -2.21. The fraction of sp³-hybridized carbons (Fsp3) is 0.529. The molecule has 0 spiro atoms. The van der Waals surface area contributed by atoms with E-state index in [-0.39, 0.29) is 18.8 Å². The van der Waals surface area contributed by atoms with E-state index >= 15 is 0 Å². The molecule has 0 saturated carbocycles. The van der Waals surface area contributed by atoms with Crippen LogP contribution in [0, 0.1) is 0 Å². The number of aromatic amines is 1. The number of rotatable bonds is 1. The van der Waals surface area contributed by atoms with Crippen LogP contribution in [-0.2, 0) is 9.31 Å². The fourth-order valence-electron chi connectivity index (χ4n) is 2.11. The van der Waals surface area contributed by atoms with Gasteiger partial charge in [-0.25, -0.2) is 0 Å². The van der Waals surface area contributed by atoms with E-state index in [2.05, 4.69) is 43.1 Å². The molecule has 0 aliphatic carbocycles. The Hall–Kier alpha value is -1.26. The molecule has 1 fully saturated rings. The van der Waals surface area contributed by atoms with Crippen molar-refractivity contribution in [2.45, 2.75) is 60.2 Å². The molecule has 0 radical (unpaired) electrons. The molecule has 0 bridgehead atoms. The predicted octanol–water partition coefficient (Wildman–Crippen LogP) is 4.13. The summed E-state index contributed by atoms with van der Waals surface area (Å²) < 4.78 is 11.8. The van der Waals surface area contributed by atoms with E-state index in [0.29, 0.717) is 0 Å². The minimum atomic E-state index is -0.257. The monoisotopic (exact) mass is 289 g/mol. The Balaban J connectivity index is 0.000000510. The van der Waals surface area contributed by atoms with Crippen LogP contribution in [0.4, 0.5) is 0 Å². The third-order valence-corrected chi connectivity index (χ3v) is 3.57. The quantitative estimate of drug-likeness (QED) is 0.801. The van der Waals surface area contributed by atoms with Gasteiger partial charge in [0, 0.05) is 11.7 Å². The second kappa shape index (κ2) is 7.67. The lowest BCUT2D eigenvalue weighted by atomic mass is 9.79. The Morgan fingerprint density at radius 3 is 2.33 bits per heavy atom. The number of benzene rings is 1. The van der Waals surface area contributed by atoms with Crippen LogP contribution in [0.2, 0.25) is 0 Å². The molecule has 116 valence electrons. The van der Waals surface area contributed by atoms with Crippen LogP contribution in [0.15, 0.2) is 30.5 Å². The average Bonchev–Trinajstić information content (AvgIpc) is 3.07. The SMILES string of the molecule is CC.CC.CC1OB(c2ccc3cc[nH]c3c2)OC1(C)C. The van der Waals surface area contributed by atoms with E-state index in [0.717, 1.165) is 11.0 Å². The van der Waals surface area contributed by atoms with Crippen LogP contribution in [-0.4, -0.2) is 23.8 Å². The molecule has 21 heavy (non-hydrogen) atoms. The fourth-order valence-corrected chi connectivity index (χ4v) is 2.11. The standard InChI is InChI=1S/C13H16BNO2.2C2H6/c1-9-13(2,3)17-14(16-9)11-5-4-10-6-7-15-12(10)8-11;2*1-2/h4-9,15H,1-3H3;2*1-2H3. The molecule has 1 aliphatic rings. The molecular formula is C17H28BNO2. The molecule has 1 unspecified atom stereocenters. The third kappa shape index (κ3) is 3.89. The van der Waals surface area contributed by atoms with E-state index in [4.69, 9.17) is 9.31 Å². The summed E-state index contributed by atoms with van der Waals surface area (Å²) in [6, 6.07) is 8.30. The number of H-pyrrole nitrogens is 1. The van der Waals surface area contributed by atoms with Gasteiger partial charge in [0.2, 0.25) is 0 Å². The molecular weight excluding hydrogens is 261 g/mol. The van der Waals surface area contributed by atoms with E-state index in [1.54, 1.807) is 0 Å². The minimum absolute atomic E-state index is 0.104. The van der Waals surface area contributed by atoms with Crippen LogP contribution in [0.1, 0.15) is 48.5 Å². The van der Waals surface area contributed by atoms with E-state index < -0.39 is 0 Å². The molecule has 1 aromatic carbocycles. The van der Waals surface area contributed by atoms with Gasteiger partial charge < -0.3 is 14.3 Å². The summed E-state index contributed by atoms with van der Waals surface area (Å²) >= 11 is 0. The number of aromatic nitrogens is 1. The Bertz CT molecular complexity index is 550. The van der Waals surface area contributed by atoms with Gasteiger partial charge in [-0.15, -0.1) is 0 Å². The molecule has 3 nitrogen and oxygen atoms in total. The molecule has 1 atom stereocenters. The highest BCUT2D eigenvalue weighted by Gasteiger charge is 2.43. The summed E-state index contributed by atoms with van der Waals surface area (Å²) in [5.74, 6) is 0. The lowest BCUT2D eigenvalue weighted by molar-refractivity contribution is 0.0842. The molecule has 1 N–H and O–H groups in total. The van der Waals surface area contributed by atoms with Crippen molar-refractivity contribution in [3.63, 3.8) is 0 Å². The Kier molecular flexibility index (Phi) is 6.50. The number of nitrogens with one attached hydrogen (secondary N) is 1. The van der Waals surface area contributed by atoms with Crippen molar-refractivity contribution in [2.75, 3.05) is 0 Å². The Morgan fingerprint density at radius 2 is 1.76 bits per heavy atom. The zero-order valence-electron chi connectivity index (χ0n) is 14.4. The van der Waals surface area contributed by atoms with Gasteiger partial charge in [0.05, 0.1) is 11.7 Å². The smallest absolute Gasteiger partial charge is 0.402 e. The number of hydrogen-bond donors (Lipinski definition) is 1. The molecule has 2 aromatic rings. The normalized spacial score (nSPS) is 19.6. The molecule has 1 saturated heterocycles. The van der Waals surface area contributed by atoms with Gasteiger partial charge in [0.15, 0.2) is 0 Å². The van der Waals surface area contributed by atoms with Gasteiger partial charge in [0.25, 0.3) is 0 Å². The zero-order chi connectivity index (χ0) is 16.0. The van der Waals surface area contributed by atoms with Crippen molar-refractivity contribution in [1.82, 2.24) is 4.98 Å². The van der Waals surface area contributed by atoms with Gasteiger partial charge in [-0.2, -0.15) is 0 Å². The summed E-state index contributed by atoms with van der Waals surface area (Å²) in [4.78, 5) is 3.20. The summed E-state index contributed by atoms with van der Waals surface area (Å²) in [7, 11) is -0.257. The van der Waals surface area contributed by atoms with Crippen LogP contribution in [0.3, 0.4) is 0 Å². The van der Waals surface area contributed by atoms with E-state index in [1.165, 1.54) is 5.39 Å². The third-order valence-electron chi connectivity index (χ3n) is 3.57. The maximum atomic E-state index is 5.94. The van der Waals surface area contributed by atoms with Crippen molar-refractivity contribution in [1.29, 1.82) is 0 Å². The van der Waals surface area contributed by atoms with Crippen molar-refractivity contribution in [2.24, 2.45) is 0 Å². The van der Waals surface area contributed by atoms with Crippen molar-refractivity contribution in [3.8, 4) is 0 Å². The topological polar surface area (TPSA) is 34.2 Å². The molecule has 1 aromatic heterocycles. The lowest BCUT2D eigenvalue weighted by Crippen LogP contribution is -2.34. The highest BCUT2D eigenvalue weighted by molar-refractivity contribution is 6.62. The van der Waals surface area contributed by atoms with Crippen LogP contribution in [0.25, 0.3) is 10.9 Å². The summed E-state index contributed by atoms with van der Waals surface area (Å²) in [6.07, 6.45) is 2.05. The molecule has 3 rings (SSSR count). The summed E-state index contributed by atoms with van der Waals surface area (Å²) in [5.41, 5.74) is 1.96. The van der Waals surface area contributed by atoms with Gasteiger partial charge in [0.1, 0.15) is 0 Å². The van der Waals surface area contributed by atoms with Crippen molar-refractivity contribution in [3.05, 3.63) is 30.5 Å². The Morgan fingerprint density at radius 1 is 1.10 bits per heavy atom. The van der Waals surface area contributed by atoms with Crippen LogP contribution >= 0.6 is 0 Å². The van der Waals surface area contributed by atoms with Crippen molar-refractivity contribution < 1.29 is 9.31 Å². The number of fused-ring (bicyclic) bond motifs is 1. The minimum Gasteiger partial charge on any atom is -0.402 e. The highest BCUT2D eigenvalue weighted by atomic mass is 16.7. The second-order valence-electron chi connectivity index (χ2n) is 5.16. The van der Waals surface area contributed by atoms with Gasteiger partial charge in [-0.1, -0.05) is 39.8 Å². The molecule has 2 heterocycles. The molecule has 1 aliphatic heterocycles. The van der Waals surface area contributed by atoms with Gasteiger partial charge in [-0.3, -0.25) is 0 Å². The largest absolute Gasteiger partial charge is 0.494 e. The van der Waals surface area contributed by atoms with Gasteiger partial charge in [-0.05, 0) is 43.8 Å². The van der Waals surface area contributed by atoms with Crippen LogP contribution in [0.5, 0.6) is 0 Å². The maximum absolute atomic E-state index is 5.94. The first kappa shape index (κ1) is 17.8. The predicted molar refractivity (Wildman–Crippen MR) is 92.1 cm³/mol. The number of hydrogen-bond acceptors (Lipinski definition) is 2. The van der Waals surface area contributed by atoms with E-state index in [1.807, 2.05) is 40.8 Å². The van der Waals surface area contributed by atoms with Crippen molar-refractivity contribution >= 4 is 23.5 Å². The summed E-state index contributed by atoms with van der Waals surface area (Å²) in [5, 5.41) is 1.21. The molecule has 0 amide bonds. The molecule has 4 heteroatoms. The first-order valence-corrected chi connectivity index (χ1v) is 7.96. The Labute approximate surface area is 129 Å². The first-order valence-electron chi connectivity index (χ1n) is 7.96. The maximum Gasteiger partial charge on any atom is 0.494 e. The average molecular weight is 289 g/mol. The zero-order valence-corrected chi connectivity index (χ0v) is 14.4. The highest BCUT2D eigenvalue weighted by Crippen LogP contribution is 2.27. The van der Waals surface area contributed by atoms with Gasteiger partial charge >= 0.3 is 7.12 Å². The second-order valence-corrected chi connectivity index (χ2v) is 5.16. The summed E-state index contributed by atoms with van der Waals surface area (Å²) in [6.45, 7) is 14.2. The van der Waals surface area contributed by atoms with E-state index in [9.17, 15) is 0 Å².